The van der Waals surface area contributed by atoms with Crippen molar-refractivity contribution in [3.8, 4) is 0 Å². The summed E-state index contributed by atoms with van der Waals surface area (Å²) in [4.78, 5) is 25.8. The van der Waals surface area contributed by atoms with Crippen LogP contribution in [-0.4, -0.2) is 72.8 Å². The molecular formula is C18H27N5O2. The van der Waals surface area contributed by atoms with Gasteiger partial charge in [0, 0.05) is 51.5 Å². The van der Waals surface area contributed by atoms with E-state index in [4.69, 9.17) is 4.74 Å². The largest absolute Gasteiger partial charge is 0.461 e. The van der Waals surface area contributed by atoms with E-state index < -0.39 is 0 Å². The van der Waals surface area contributed by atoms with E-state index in [0.29, 0.717) is 0 Å². The predicted octanol–water partition coefficient (Wildman–Crippen LogP) is 0.674. The molecule has 4 heterocycles. The van der Waals surface area contributed by atoms with Gasteiger partial charge >= 0.3 is 5.97 Å². The summed E-state index contributed by atoms with van der Waals surface area (Å²) in [7, 11) is 0. The molecule has 7 heteroatoms. The van der Waals surface area contributed by atoms with Crippen molar-refractivity contribution in [1.29, 1.82) is 0 Å². The molecule has 1 atom stereocenters. The smallest absolute Gasteiger partial charge is 0.312 e. The highest BCUT2D eigenvalue weighted by Gasteiger charge is 2.49. The molecule has 1 unspecified atom stereocenters. The van der Waals surface area contributed by atoms with Crippen LogP contribution in [-0.2, 0) is 9.53 Å². The van der Waals surface area contributed by atoms with Gasteiger partial charge in [-0.2, -0.15) is 0 Å². The van der Waals surface area contributed by atoms with E-state index in [2.05, 4.69) is 25.1 Å². The van der Waals surface area contributed by atoms with Gasteiger partial charge in [0.25, 0.3) is 0 Å². The number of cyclic esters (lactones) is 1. The normalized spacial score (nSPS) is 27.3. The molecule has 7 nitrogen and oxygen atoms in total. The predicted molar refractivity (Wildman–Crippen MR) is 94.3 cm³/mol. The van der Waals surface area contributed by atoms with Crippen LogP contribution in [0.4, 0.5) is 5.95 Å². The molecule has 1 spiro atoms. The lowest BCUT2D eigenvalue weighted by Gasteiger charge is -2.29. The summed E-state index contributed by atoms with van der Waals surface area (Å²) in [5.74, 6) is 0.846. The first-order valence-corrected chi connectivity index (χ1v) is 9.41. The number of hydrogen-bond donors (Lipinski definition) is 1. The molecule has 3 aliphatic heterocycles. The molecule has 1 aromatic heterocycles. The van der Waals surface area contributed by atoms with Gasteiger partial charge in [0.05, 0.1) is 5.41 Å². The Labute approximate surface area is 148 Å². The fourth-order valence-corrected chi connectivity index (χ4v) is 4.35. The van der Waals surface area contributed by atoms with Gasteiger partial charge in [0.15, 0.2) is 0 Å². The zero-order valence-electron chi connectivity index (χ0n) is 14.7. The molecule has 0 bridgehead atoms. The summed E-state index contributed by atoms with van der Waals surface area (Å²) in [6.45, 7) is 6.59. The van der Waals surface area contributed by atoms with Crippen LogP contribution in [0.25, 0.3) is 0 Å². The average molecular weight is 345 g/mol. The highest BCUT2D eigenvalue weighted by atomic mass is 16.6. The van der Waals surface area contributed by atoms with Crippen molar-refractivity contribution in [3.63, 3.8) is 0 Å². The van der Waals surface area contributed by atoms with Crippen molar-refractivity contribution in [3.05, 3.63) is 18.5 Å². The molecule has 1 aromatic rings. The van der Waals surface area contributed by atoms with Crippen molar-refractivity contribution in [1.82, 2.24) is 20.2 Å². The summed E-state index contributed by atoms with van der Waals surface area (Å²) < 4.78 is 5.76. The lowest BCUT2D eigenvalue weighted by Crippen LogP contribution is -2.40. The maximum absolute atomic E-state index is 12.4. The summed E-state index contributed by atoms with van der Waals surface area (Å²) in [5, 5.41) is 3.35. The van der Waals surface area contributed by atoms with Crippen molar-refractivity contribution < 1.29 is 9.53 Å². The lowest BCUT2D eigenvalue weighted by atomic mass is 9.76. The number of esters is 1. The Bertz CT molecular complexity index is 590. The molecular weight excluding hydrogens is 318 g/mol. The number of nitrogens with zero attached hydrogens (tertiary/aromatic N) is 4. The van der Waals surface area contributed by atoms with E-state index >= 15 is 0 Å². The van der Waals surface area contributed by atoms with Crippen LogP contribution in [0.5, 0.6) is 0 Å². The van der Waals surface area contributed by atoms with Gasteiger partial charge < -0.3 is 15.0 Å². The van der Waals surface area contributed by atoms with Crippen LogP contribution >= 0.6 is 0 Å². The molecule has 136 valence electrons. The third kappa shape index (κ3) is 3.62. The Morgan fingerprint density at radius 3 is 2.76 bits per heavy atom. The highest BCUT2D eigenvalue weighted by molar-refractivity contribution is 5.79. The molecule has 0 aliphatic carbocycles. The van der Waals surface area contributed by atoms with Crippen molar-refractivity contribution in [2.24, 2.45) is 5.41 Å². The number of ether oxygens (including phenoxy) is 1. The Kier molecular flexibility index (Phi) is 4.85. The van der Waals surface area contributed by atoms with E-state index in [0.717, 1.165) is 77.4 Å². The SMILES string of the molecule is O=C1OC(CN2CCCN(c3ncccn3)CC2)CC12CCNCC2. The van der Waals surface area contributed by atoms with Gasteiger partial charge in [-0.15, -0.1) is 0 Å². The molecule has 25 heavy (non-hydrogen) atoms. The molecule has 3 aliphatic rings. The van der Waals surface area contributed by atoms with Crippen LogP contribution in [0.3, 0.4) is 0 Å². The van der Waals surface area contributed by atoms with Gasteiger partial charge in [-0.3, -0.25) is 9.69 Å². The lowest BCUT2D eigenvalue weighted by molar-refractivity contribution is -0.150. The van der Waals surface area contributed by atoms with Crippen LogP contribution in [0.1, 0.15) is 25.7 Å². The number of aromatic nitrogens is 2. The van der Waals surface area contributed by atoms with Crippen molar-refractivity contribution in [2.45, 2.75) is 31.8 Å². The molecule has 4 rings (SSSR count). The quantitative estimate of drug-likeness (QED) is 0.808. The minimum absolute atomic E-state index is 0.0353. The van der Waals surface area contributed by atoms with E-state index in [1.165, 1.54) is 0 Å². The molecule has 0 radical (unpaired) electrons. The van der Waals surface area contributed by atoms with Crippen molar-refractivity contribution >= 4 is 11.9 Å². The van der Waals surface area contributed by atoms with Gasteiger partial charge in [-0.1, -0.05) is 0 Å². The first-order chi connectivity index (χ1) is 12.3. The molecule has 1 N–H and O–H groups in total. The third-order valence-corrected chi connectivity index (χ3v) is 5.77. The Hall–Kier alpha value is -1.73. The van der Waals surface area contributed by atoms with E-state index in [-0.39, 0.29) is 17.5 Å². The first kappa shape index (κ1) is 16.7. The number of carbonyl (C=O) groups is 1. The number of piperidine rings is 1. The maximum atomic E-state index is 12.4. The summed E-state index contributed by atoms with van der Waals surface area (Å²) in [6, 6.07) is 1.85. The second-order valence-electron chi connectivity index (χ2n) is 7.45. The van der Waals surface area contributed by atoms with Crippen LogP contribution in [0.2, 0.25) is 0 Å². The third-order valence-electron chi connectivity index (χ3n) is 5.77. The van der Waals surface area contributed by atoms with Crippen LogP contribution < -0.4 is 10.2 Å². The summed E-state index contributed by atoms with van der Waals surface area (Å²) in [6.07, 6.45) is 7.43. The second kappa shape index (κ2) is 7.25. The fourth-order valence-electron chi connectivity index (χ4n) is 4.35. The summed E-state index contributed by atoms with van der Waals surface area (Å²) in [5.41, 5.74) is -0.217. The molecule has 0 amide bonds. The average Bonchev–Trinajstić information content (AvgIpc) is 2.81. The Morgan fingerprint density at radius 1 is 1.16 bits per heavy atom. The monoisotopic (exact) mass is 345 g/mol. The maximum Gasteiger partial charge on any atom is 0.312 e. The minimum Gasteiger partial charge on any atom is -0.461 e. The zero-order valence-corrected chi connectivity index (χ0v) is 14.7. The first-order valence-electron chi connectivity index (χ1n) is 9.41. The standard InChI is InChI=1S/C18H27N5O2/c24-16-18(3-7-19-8-4-18)13-15(25-16)14-22-9-2-10-23(12-11-22)17-20-5-1-6-21-17/h1,5-6,15,19H,2-4,7-14H2. The number of rotatable bonds is 3. The Balaban J connectivity index is 1.32. The molecule has 3 saturated heterocycles. The van der Waals surface area contributed by atoms with Gasteiger partial charge in [-0.05, 0) is 38.4 Å². The topological polar surface area (TPSA) is 70.6 Å². The van der Waals surface area contributed by atoms with Crippen molar-refractivity contribution in [2.75, 3.05) is 50.7 Å². The van der Waals surface area contributed by atoms with Gasteiger partial charge in [0.2, 0.25) is 5.95 Å². The molecule has 0 saturated carbocycles. The number of carbonyl (C=O) groups excluding carboxylic acids is 1. The molecule has 3 fully saturated rings. The van der Waals surface area contributed by atoms with Gasteiger partial charge in [-0.25, -0.2) is 9.97 Å². The number of hydrogen-bond acceptors (Lipinski definition) is 7. The van der Waals surface area contributed by atoms with E-state index in [9.17, 15) is 4.79 Å². The highest BCUT2D eigenvalue weighted by Crippen LogP contribution is 2.41. The molecule has 0 aromatic carbocycles. The van der Waals surface area contributed by atoms with Gasteiger partial charge in [0.1, 0.15) is 6.10 Å². The zero-order chi connectivity index (χ0) is 17.1. The Morgan fingerprint density at radius 2 is 1.96 bits per heavy atom. The number of anilines is 1. The fraction of sp³-hybridized carbons (Fsp3) is 0.722. The van der Waals surface area contributed by atoms with Crippen LogP contribution in [0.15, 0.2) is 18.5 Å². The van der Waals surface area contributed by atoms with Crippen LogP contribution in [0, 0.1) is 5.41 Å². The second-order valence-corrected chi connectivity index (χ2v) is 7.45. The summed E-state index contributed by atoms with van der Waals surface area (Å²) >= 11 is 0. The minimum atomic E-state index is -0.217. The number of nitrogens with one attached hydrogen (secondary N) is 1. The van der Waals surface area contributed by atoms with E-state index in [1.54, 1.807) is 12.4 Å². The van der Waals surface area contributed by atoms with E-state index in [1.807, 2.05) is 6.07 Å².